The van der Waals surface area contributed by atoms with Crippen molar-refractivity contribution in [3.05, 3.63) is 65.7 Å². The zero-order valence-corrected chi connectivity index (χ0v) is 15.4. The van der Waals surface area contributed by atoms with Gasteiger partial charge in [-0.25, -0.2) is 4.79 Å². The summed E-state index contributed by atoms with van der Waals surface area (Å²) < 4.78 is 0. The predicted molar refractivity (Wildman–Crippen MR) is 103 cm³/mol. The number of imide groups is 1. The fraction of sp³-hybridized carbons (Fsp3) is 0.238. The highest BCUT2D eigenvalue weighted by Gasteiger charge is 2.47. The number of carbonyl (C=O) groups is 3. The van der Waals surface area contributed by atoms with Crippen molar-refractivity contribution in [3.8, 4) is 6.07 Å². The van der Waals surface area contributed by atoms with Crippen LogP contribution < -0.4 is 10.6 Å². The number of hydrogen-bond donors (Lipinski definition) is 2. The number of para-hydroxylation sites is 1. The van der Waals surface area contributed by atoms with Gasteiger partial charge in [-0.15, -0.1) is 0 Å². The molecule has 2 N–H and O–H groups in total. The molecule has 3 rings (SSSR count). The van der Waals surface area contributed by atoms with E-state index in [2.05, 4.69) is 10.6 Å². The van der Waals surface area contributed by atoms with Gasteiger partial charge in [0.1, 0.15) is 18.2 Å². The van der Waals surface area contributed by atoms with Gasteiger partial charge < -0.3 is 10.6 Å². The third-order valence-electron chi connectivity index (χ3n) is 4.72. The number of urea groups is 1. The quantitative estimate of drug-likeness (QED) is 0.756. The van der Waals surface area contributed by atoms with Crippen molar-refractivity contribution in [3.63, 3.8) is 0 Å². The third kappa shape index (κ3) is 4.01. The molecule has 2 aromatic rings. The van der Waals surface area contributed by atoms with Gasteiger partial charge >= 0.3 is 6.03 Å². The van der Waals surface area contributed by atoms with Crippen molar-refractivity contribution < 1.29 is 14.4 Å². The van der Waals surface area contributed by atoms with E-state index < -0.39 is 29.9 Å². The maximum absolute atomic E-state index is 12.8. The van der Waals surface area contributed by atoms with Gasteiger partial charge in [-0.1, -0.05) is 42.5 Å². The van der Waals surface area contributed by atoms with Crippen molar-refractivity contribution >= 4 is 23.5 Å². The van der Waals surface area contributed by atoms with Gasteiger partial charge in [0.15, 0.2) is 0 Å². The molecule has 0 aliphatic carbocycles. The number of carbonyl (C=O) groups excluding carboxylic acids is 3. The first kappa shape index (κ1) is 19.1. The summed E-state index contributed by atoms with van der Waals surface area (Å²) in [6, 6.07) is 17.6. The Hall–Kier alpha value is -3.66. The van der Waals surface area contributed by atoms with Crippen LogP contribution in [0.3, 0.4) is 0 Å². The zero-order valence-electron chi connectivity index (χ0n) is 15.4. The normalized spacial score (nSPS) is 18.5. The molecule has 1 heterocycles. The van der Waals surface area contributed by atoms with Crippen molar-refractivity contribution in [1.29, 1.82) is 5.26 Å². The monoisotopic (exact) mass is 376 g/mol. The fourth-order valence-electron chi connectivity index (χ4n) is 3.12. The fourth-order valence-corrected chi connectivity index (χ4v) is 3.12. The Morgan fingerprint density at radius 2 is 1.82 bits per heavy atom. The van der Waals surface area contributed by atoms with Crippen LogP contribution in [0.25, 0.3) is 0 Å². The SMILES string of the molecule is C[C@@]1(CCc2ccccc2)NC(=O)N(CC(=O)Nc2ccccc2C#N)C1=O. The molecular weight excluding hydrogens is 356 g/mol. The molecular formula is C21H20N4O3. The number of anilines is 1. The number of hydrogen-bond acceptors (Lipinski definition) is 4. The van der Waals surface area contributed by atoms with Gasteiger partial charge in [0, 0.05) is 0 Å². The molecule has 0 radical (unpaired) electrons. The topological polar surface area (TPSA) is 102 Å². The molecule has 4 amide bonds. The van der Waals surface area contributed by atoms with Crippen molar-refractivity contribution in [2.45, 2.75) is 25.3 Å². The molecule has 0 saturated carbocycles. The van der Waals surface area contributed by atoms with Crippen LogP contribution in [0.2, 0.25) is 0 Å². The second-order valence-corrected chi connectivity index (χ2v) is 6.84. The Morgan fingerprint density at radius 1 is 1.14 bits per heavy atom. The van der Waals surface area contributed by atoms with Gasteiger partial charge in [0.25, 0.3) is 5.91 Å². The first-order valence-electron chi connectivity index (χ1n) is 8.90. The van der Waals surface area contributed by atoms with Gasteiger partial charge in [-0.2, -0.15) is 5.26 Å². The van der Waals surface area contributed by atoms with Gasteiger partial charge in [0.05, 0.1) is 11.3 Å². The van der Waals surface area contributed by atoms with Gasteiger partial charge in [-0.05, 0) is 37.5 Å². The predicted octanol–water partition coefficient (Wildman–Crippen LogP) is 2.44. The van der Waals surface area contributed by atoms with E-state index in [1.165, 1.54) is 0 Å². The first-order valence-corrected chi connectivity index (χ1v) is 8.90. The minimum Gasteiger partial charge on any atom is -0.323 e. The average Bonchev–Trinajstić information content (AvgIpc) is 2.91. The summed E-state index contributed by atoms with van der Waals surface area (Å²) >= 11 is 0. The molecule has 0 bridgehead atoms. The minimum atomic E-state index is -1.06. The van der Waals surface area contributed by atoms with E-state index >= 15 is 0 Å². The van der Waals surface area contributed by atoms with E-state index in [4.69, 9.17) is 5.26 Å². The van der Waals surface area contributed by atoms with Crippen molar-refractivity contribution in [2.75, 3.05) is 11.9 Å². The van der Waals surface area contributed by atoms with E-state index in [-0.39, 0.29) is 0 Å². The molecule has 0 spiro atoms. The lowest BCUT2D eigenvalue weighted by Gasteiger charge is -2.21. The highest BCUT2D eigenvalue weighted by molar-refractivity contribution is 6.10. The molecule has 1 fully saturated rings. The molecule has 0 unspecified atom stereocenters. The Labute approximate surface area is 163 Å². The molecule has 28 heavy (non-hydrogen) atoms. The number of aryl methyl sites for hydroxylation is 1. The van der Waals surface area contributed by atoms with E-state index in [0.717, 1.165) is 10.5 Å². The lowest BCUT2D eigenvalue weighted by molar-refractivity contribution is -0.133. The molecule has 7 heteroatoms. The summed E-state index contributed by atoms with van der Waals surface area (Å²) in [6.07, 6.45) is 1.05. The smallest absolute Gasteiger partial charge is 0.323 e. The van der Waals surface area contributed by atoms with E-state index in [1.807, 2.05) is 36.4 Å². The Bertz CT molecular complexity index is 952. The minimum absolute atomic E-state index is 0.306. The Balaban J connectivity index is 1.64. The maximum Gasteiger partial charge on any atom is 0.325 e. The Morgan fingerprint density at radius 3 is 2.54 bits per heavy atom. The average molecular weight is 376 g/mol. The number of benzene rings is 2. The molecule has 2 aromatic carbocycles. The Kier molecular flexibility index (Phi) is 5.41. The summed E-state index contributed by atoms with van der Waals surface area (Å²) in [7, 11) is 0. The van der Waals surface area contributed by atoms with Crippen LogP contribution in [0, 0.1) is 11.3 Å². The zero-order chi connectivity index (χ0) is 20.1. The third-order valence-corrected chi connectivity index (χ3v) is 4.72. The van der Waals surface area contributed by atoms with Crippen LogP contribution in [0.4, 0.5) is 10.5 Å². The van der Waals surface area contributed by atoms with Crippen LogP contribution >= 0.6 is 0 Å². The van der Waals surface area contributed by atoms with Gasteiger partial charge in [-0.3, -0.25) is 14.5 Å². The highest BCUT2D eigenvalue weighted by atomic mass is 16.2. The van der Waals surface area contributed by atoms with E-state index in [0.29, 0.717) is 24.1 Å². The standard InChI is InChI=1S/C21H20N4O3/c1-21(12-11-15-7-3-2-4-8-15)19(27)25(20(28)24-21)14-18(26)23-17-10-6-5-9-16(17)13-22/h2-10H,11-12,14H2,1H3,(H,23,26)(H,24,28)/t21-/m0/s1. The molecule has 1 aliphatic heterocycles. The summed E-state index contributed by atoms with van der Waals surface area (Å²) in [6.45, 7) is 1.25. The van der Waals surface area contributed by atoms with Crippen molar-refractivity contribution in [2.24, 2.45) is 0 Å². The van der Waals surface area contributed by atoms with Crippen LogP contribution in [0.5, 0.6) is 0 Å². The second-order valence-electron chi connectivity index (χ2n) is 6.84. The molecule has 1 aliphatic rings. The van der Waals surface area contributed by atoms with Crippen LogP contribution in [0.1, 0.15) is 24.5 Å². The van der Waals surface area contributed by atoms with E-state index in [1.54, 1.807) is 31.2 Å². The number of amides is 4. The lowest BCUT2D eigenvalue weighted by Crippen LogP contribution is -2.45. The van der Waals surface area contributed by atoms with Gasteiger partial charge in [0.2, 0.25) is 5.91 Å². The summed E-state index contributed by atoms with van der Waals surface area (Å²) in [5.74, 6) is -0.976. The number of nitriles is 1. The number of rotatable bonds is 6. The van der Waals surface area contributed by atoms with Crippen LogP contribution in [0.15, 0.2) is 54.6 Å². The largest absolute Gasteiger partial charge is 0.325 e. The molecule has 0 aromatic heterocycles. The maximum atomic E-state index is 12.8. The molecule has 1 saturated heterocycles. The highest BCUT2D eigenvalue weighted by Crippen LogP contribution is 2.23. The summed E-state index contributed by atoms with van der Waals surface area (Å²) in [4.78, 5) is 38.3. The lowest BCUT2D eigenvalue weighted by atomic mass is 9.93. The van der Waals surface area contributed by atoms with Crippen LogP contribution in [-0.4, -0.2) is 34.8 Å². The van der Waals surface area contributed by atoms with Crippen LogP contribution in [-0.2, 0) is 16.0 Å². The molecule has 1 atom stereocenters. The van der Waals surface area contributed by atoms with Crippen molar-refractivity contribution in [1.82, 2.24) is 10.2 Å². The molecule has 7 nitrogen and oxygen atoms in total. The molecule has 142 valence electrons. The number of nitrogens with zero attached hydrogens (tertiary/aromatic N) is 2. The van der Waals surface area contributed by atoms with E-state index in [9.17, 15) is 14.4 Å². The second kappa shape index (κ2) is 7.92. The summed E-state index contributed by atoms with van der Waals surface area (Å²) in [5, 5.41) is 14.4. The first-order chi connectivity index (χ1) is 13.4. The summed E-state index contributed by atoms with van der Waals surface area (Å²) in [5.41, 5.74) is 0.655. The number of nitrogens with one attached hydrogen (secondary N) is 2.